The third-order valence-electron chi connectivity index (χ3n) is 5.21. The minimum absolute atomic E-state index is 0.0518. The van der Waals surface area contributed by atoms with Gasteiger partial charge in [-0.05, 0) is 54.9 Å². The highest BCUT2D eigenvalue weighted by atomic mass is 16.4. The number of nitrogens with two attached hydrogens (primary N) is 1. The molecule has 3 rings (SSSR count). The predicted molar refractivity (Wildman–Crippen MR) is 96.6 cm³/mol. The molecule has 2 aliphatic rings. The summed E-state index contributed by atoms with van der Waals surface area (Å²) in [6, 6.07) is 5.44. The van der Waals surface area contributed by atoms with E-state index in [1.165, 1.54) is 5.56 Å². The zero-order chi connectivity index (χ0) is 18.1. The van der Waals surface area contributed by atoms with E-state index < -0.39 is 12.1 Å². The normalized spacial score (nSPS) is 23.8. The van der Waals surface area contributed by atoms with E-state index in [0.717, 1.165) is 30.5 Å². The Labute approximate surface area is 148 Å². The Kier molecular flexibility index (Phi) is 4.99. The first-order chi connectivity index (χ1) is 11.9. The zero-order valence-corrected chi connectivity index (χ0v) is 14.9. The Morgan fingerprint density at radius 3 is 2.72 bits per heavy atom. The van der Waals surface area contributed by atoms with Crippen LogP contribution in [0.1, 0.15) is 50.3 Å². The topological polar surface area (TPSA) is 86.9 Å². The van der Waals surface area contributed by atoms with E-state index in [1.54, 1.807) is 9.80 Å². The number of fused-ring (bicyclic) bond motifs is 1. The highest BCUT2D eigenvalue weighted by Crippen LogP contribution is 2.36. The second-order valence-electron chi connectivity index (χ2n) is 7.49. The number of hydrogen-bond acceptors (Lipinski definition) is 3. The average Bonchev–Trinajstić information content (AvgIpc) is 2.78. The summed E-state index contributed by atoms with van der Waals surface area (Å²) >= 11 is 0. The molecular formula is C19H27N3O3. The van der Waals surface area contributed by atoms with E-state index in [0.29, 0.717) is 25.4 Å². The molecule has 2 atom stereocenters. The number of hydrogen-bond donors (Lipinski definition) is 2. The molecule has 136 valence electrons. The largest absolute Gasteiger partial charge is 0.465 e. The number of anilines is 1. The average molecular weight is 345 g/mol. The second kappa shape index (κ2) is 7.04. The van der Waals surface area contributed by atoms with Crippen molar-refractivity contribution in [1.82, 2.24) is 4.90 Å². The van der Waals surface area contributed by atoms with Crippen LogP contribution in [0.4, 0.5) is 10.5 Å². The van der Waals surface area contributed by atoms with Gasteiger partial charge in [-0.15, -0.1) is 0 Å². The Hall–Kier alpha value is -2.08. The Balaban J connectivity index is 2.01. The molecule has 2 heterocycles. The van der Waals surface area contributed by atoms with Gasteiger partial charge in [-0.25, -0.2) is 4.79 Å². The number of amides is 2. The summed E-state index contributed by atoms with van der Waals surface area (Å²) in [7, 11) is 0. The smallest absolute Gasteiger partial charge is 0.407 e. The fraction of sp³-hybridized carbons (Fsp3) is 0.579. The Morgan fingerprint density at radius 2 is 2.12 bits per heavy atom. The van der Waals surface area contributed by atoms with E-state index in [2.05, 4.69) is 19.9 Å². The molecule has 3 N–H and O–H groups in total. The van der Waals surface area contributed by atoms with Crippen LogP contribution in [0.25, 0.3) is 0 Å². The summed E-state index contributed by atoms with van der Waals surface area (Å²) in [6.45, 7) is 5.38. The van der Waals surface area contributed by atoms with Crippen molar-refractivity contribution in [2.45, 2.75) is 51.6 Å². The molecular weight excluding hydrogens is 318 g/mol. The third-order valence-corrected chi connectivity index (χ3v) is 5.21. The molecule has 6 heteroatoms. The maximum Gasteiger partial charge on any atom is 0.407 e. The van der Waals surface area contributed by atoms with E-state index in [9.17, 15) is 14.7 Å². The van der Waals surface area contributed by atoms with Crippen molar-refractivity contribution in [2.24, 2.45) is 11.7 Å². The second-order valence-corrected chi connectivity index (χ2v) is 7.49. The Bertz CT molecular complexity index is 674. The van der Waals surface area contributed by atoms with Crippen LogP contribution in [0.2, 0.25) is 0 Å². The van der Waals surface area contributed by atoms with Gasteiger partial charge < -0.3 is 20.6 Å². The highest BCUT2D eigenvalue weighted by Gasteiger charge is 2.33. The van der Waals surface area contributed by atoms with Gasteiger partial charge in [-0.3, -0.25) is 4.79 Å². The van der Waals surface area contributed by atoms with Crippen molar-refractivity contribution in [1.29, 1.82) is 0 Å². The summed E-state index contributed by atoms with van der Waals surface area (Å²) < 4.78 is 0. The van der Waals surface area contributed by atoms with Crippen LogP contribution in [0.5, 0.6) is 0 Å². The van der Waals surface area contributed by atoms with Gasteiger partial charge in [0.05, 0.1) is 12.1 Å². The van der Waals surface area contributed by atoms with Gasteiger partial charge in [0.25, 0.3) is 0 Å². The first kappa shape index (κ1) is 17.7. The van der Waals surface area contributed by atoms with Crippen molar-refractivity contribution in [2.75, 3.05) is 18.0 Å². The van der Waals surface area contributed by atoms with E-state index in [1.807, 2.05) is 12.1 Å². The molecule has 1 aromatic rings. The highest BCUT2D eigenvalue weighted by molar-refractivity contribution is 5.99. The quantitative estimate of drug-likeness (QED) is 0.882. The van der Waals surface area contributed by atoms with Gasteiger partial charge in [-0.1, -0.05) is 19.9 Å². The van der Waals surface area contributed by atoms with Gasteiger partial charge >= 0.3 is 6.09 Å². The van der Waals surface area contributed by atoms with Gasteiger partial charge in [0.1, 0.15) is 0 Å². The van der Waals surface area contributed by atoms with Gasteiger partial charge in [-0.2, -0.15) is 0 Å². The van der Waals surface area contributed by atoms with Crippen LogP contribution in [0.3, 0.4) is 0 Å². The molecule has 0 bridgehead atoms. The number of carbonyl (C=O) groups excluding carboxylic acids is 1. The van der Waals surface area contributed by atoms with Crippen molar-refractivity contribution < 1.29 is 14.7 Å². The lowest BCUT2D eigenvalue weighted by Crippen LogP contribution is -2.35. The molecule has 2 amide bonds. The summed E-state index contributed by atoms with van der Waals surface area (Å²) in [4.78, 5) is 27.4. The maximum absolute atomic E-state index is 12.3. The summed E-state index contributed by atoms with van der Waals surface area (Å²) in [6.07, 6.45) is 2.24. The van der Waals surface area contributed by atoms with E-state index in [4.69, 9.17) is 5.73 Å². The first-order valence-electron chi connectivity index (χ1n) is 9.08. The standard InChI is InChI=1S/C19H27N3O3/c1-12(2)10-17-15-11-14(21-9-7-16(20)18(21)23)6-5-13(15)4-3-8-22(17)19(24)25/h5-6,11-12,16-17H,3-4,7-10,20H2,1-2H3,(H,24,25)/t16-,17?/m0/s1. The molecule has 1 saturated heterocycles. The molecule has 0 saturated carbocycles. The molecule has 0 aliphatic carbocycles. The van der Waals surface area contributed by atoms with E-state index in [-0.39, 0.29) is 11.9 Å². The van der Waals surface area contributed by atoms with Crippen molar-refractivity contribution in [3.63, 3.8) is 0 Å². The van der Waals surface area contributed by atoms with Gasteiger partial charge in [0, 0.05) is 18.8 Å². The number of benzene rings is 1. The van der Waals surface area contributed by atoms with E-state index >= 15 is 0 Å². The summed E-state index contributed by atoms with van der Waals surface area (Å²) in [5, 5.41) is 9.67. The summed E-state index contributed by atoms with van der Waals surface area (Å²) in [5.74, 6) is 0.326. The maximum atomic E-state index is 12.3. The molecule has 6 nitrogen and oxygen atoms in total. The molecule has 0 aromatic heterocycles. The molecule has 0 spiro atoms. The van der Waals surface area contributed by atoms with Crippen LogP contribution in [-0.2, 0) is 11.2 Å². The van der Waals surface area contributed by atoms with Crippen molar-refractivity contribution >= 4 is 17.7 Å². The van der Waals surface area contributed by atoms with Crippen LogP contribution < -0.4 is 10.6 Å². The first-order valence-corrected chi connectivity index (χ1v) is 9.08. The van der Waals surface area contributed by atoms with Crippen LogP contribution >= 0.6 is 0 Å². The van der Waals surface area contributed by atoms with Gasteiger partial charge in [0.15, 0.2) is 0 Å². The fourth-order valence-corrected chi connectivity index (χ4v) is 3.94. The molecule has 2 aliphatic heterocycles. The SMILES string of the molecule is CC(C)CC1c2cc(N3CC[C@H](N)C3=O)ccc2CCCN1C(=O)O. The number of aryl methyl sites for hydroxylation is 1. The van der Waals surface area contributed by atoms with Crippen LogP contribution in [0.15, 0.2) is 18.2 Å². The number of nitrogens with zero attached hydrogens (tertiary/aromatic N) is 2. The fourth-order valence-electron chi connectivity index (χ4n) is 3.94. The van der Waals surface area contributed by atoms with Crippen LogP contribution in [0, 0.1) is 5.92 Å². The third kappa shape index (κ3) is 3.49. The lowest BCUT2D eigenvalue weighted by atomic mass is 9.91. The van der Waals surface area contributed by atoms with Crippen molar-refractivity contribution in [3.8, 4) is 0 Å². The minimum atomic E-state index is -0.872. The monoisotopic (exact) mass is 345 g/mol. The predicted octanol–water partition coefficient (Wildman–Crippen LogP) is 2.76. The number of carbonyl (C=O) groups is 2. The minimum Gasteiger partial charge on any atom is -0.465 e. The zero-order valence-electron chi connectivity index (χ0n) is 14.9. The number of rotatable bonds is 3. The summed E-state index contributed by atoms with van der Waals surface area (Å²) in [5.41, 5.74) is 8.91. The molecule has 1 fully saturated rings. The lowest BCUT2D eigenvalue weighted by molar-refractivity contribution is -0.118. The van der Waals surface area contributed by atoms with Crippen LogP contribution in [-0.4, -0.2) is 41.1 Å². The van der Waals surface area contributed by atoms with Crippen molar-refractivity contribution in [3.05, 3.63) is 29.3 Å². The molecule has 25 heavy (non-hydrogen) atoms. The van der Waals surface area contributed by atoms with Gasteiger partial charge in [0.2, 0.25) is 5.91 Å². The Morgan fingerprint density at radius 1 is 1.36 bits per heavy atom. The molecule has 1 unspecified atom stereocenters. The molecule has 0 radical (unpaired) electrons. The number of carboxylic acid groups (broad SMARTS) is 1. The molecule has 1 aromatic carbocycles. The lowest BCUT2D eigenvalue weighted by Gasteiger charge is -2.31.